The summed E-state index contributed by atoms with van der Waals surface area (Å²) in [7, 11) is -1.26. The molecule has 3 aromatic rings. The van der Waals surface area contributed by atoms with Gasteiger partial charge in [0.1, 0.15) is 12.6 Å². The monoisotopic (exact) mass is 609 g/mol. The van der Waals surface area contributed by atoms with Crippen molar-refractivity contribution in [2.75, 3.05) is 31.6 Å². The lowest BCUT2D eigenvalue weighted by atomic mass is 10.1. The first-order valence-electron chi connectivity index (χ1n) is 14.5. The number of hydrogen-bond acceptors (Lipinski definition) is 6. The Kier molecular flexibility index (Phi) is 12.0. The second-order valence-electron chi connectivity index (χ2n) is 10.4. The Balaban J connectivity index is 2.10. The molecule has 0 saturated carbocycles. The van der Waals surface area contributed by atoms with Crippen molar-refractivity contribution in [1.29, 1.82) is 0 Å². The lowest BCUT2D eigenvalue weighted by Crippen LogP contribution is -2.52. The van der Waals surface area contributed by atoms with Crippen LogP contribution in [-0.4, -0.2) is 58.5 Å². The molecule has 0 bridgehead atoms. The molecule has 1 atom stereocenters. The number of benzene rings is 3. The van der Waals surface area contributed by atoms with E-state index in [-0.39, 0.29) is 23.0 Å². The molecule has 0 aliphatic heterocycles. The predicted molar refractivity (Wildman–Crippen MR) is 169 cm³/mol. The summed E-state index contributed by atoms with van der Waals surface area (Å²) in [6, 6.07) is 18.0. The van der Waals surface area contributed by atoms with Gasteiger partial charge in [-0.1, -0.05) is 62.2 Å². The van der Waals surface area contributed by atoms with Crippen LogP contribution in [0.1, 0.15) is 49.8 Å². The van der Waals surface area contributed by atoms with E-state index in [9.17, 15) is 18.0 Å². The van der Waals surface area contributed by atoms with E-state index in [2.05, 4.69) is 5.32 Å². The average Bonchev–Trinajstić information content (AvgIpc) is 3.00. The maximum Gasteiger partial charge on any atom is 0.264 e. The summed E-state index contributed by atoms with van der Waals surface area (Å²) in [6.45, 7) is 7.81. The minimum absolute atomic E-state index is 0.0375. The lowest BCUT2D eigenvalue weighted by Gasteiger charge is -2.33. The summed E-state index contributed by atoms with van der Waals surface area (Å²) in [6.07, 6.45) is 2.09. The number of ether oxygens (including phenoxy) is 2. The van der Waals surface area contributed by atoms with E-state index in [1.54, 1.807) is 24.3 Å². The maximum absolute atomic E-state index is 14.3. The molecule has 0 fully saturated rings. The molecule has 3 rings (SSSR count). The first kappa shape index (κ1) is 33.5. The quantitative estimate of drug-likeness (QED) is 0.236. The summed E-state index contributed by atoms with van der Waals surface area (Å²) in [5.74, 6) is -0.0422. The van der Waals surface area contributed by atoms with Crippen LogP contribution in [0, 0.1) is 13.8 Å². The van der Waals surface area contributed by atoms with Gasteiger partial charge >= 0.3 is 0 Å². The van der Waals surface area contributed by atoms with Gasteiger partial charge in [0, 0.05) is 19.2 Å². The number of nitrogens with one attached hydrogen (secondary N) is 1. The number of methoxy groups -OCH3 is 2. The second kappa shape index (κ2) is 15.4. The van der Waals surface area contributed by atoms with E-state index in [1.165, 1.54) is 37.3 Å². The van der Waals surface area contributed by atoms with E-state index < -0.39 is 28.5 Å². The number of anilines is 1. The smallest absolute Gasteiger partial charge is 0.264 e. The van der Waals surface area contributed by atoms with E-state index in [0.29, 0.717) is 24.5 Å². The Morgan fingerprint density at radius 2 is 1.58 bits per heavy atom. The van der Waals surface area contributed by atoms with Crippen molar-refractivity contribution in [3.8, 4) is 11.5 Å². The van der Waals surface area contributed by atoms with Crippen LogP contribution in [0.25, 0.3) is 0 Å². The SMILES string of the molecule is CCCCNC(=O)C(CC)N(Cc1ccccc1C)C(=O)CN(c1ccc(OC)c(OC)c1)S(=O)(=O)c1ccc(C)cc1. The zero-order valence-electron chi connectivity index (χ0n) is 25.9. The fourth-order valence-corrected chi connectivity index (χ4v) is 6.15. The molecule has 1 unspecified atom stereocenters. The highest BCUT2D eigenvalue weighted by Gasteiger charge is 2.34. The third kappa shape index (κ3) is 8.28. The molecule has 0 saturated heterocycles. The molecular weight excluding hydrogens is 566 g/mol. The van der Waals surface area contributed by atoms with Gasteiger partial charge in [-0.05, 0) is 62.1 Å². The van der Waals surface area contributed by atoms with Crippen LogP contribution in [0.15, 0.2) is 71.6 Å². The normalized spacial score (nSPS) is 11.9. The van der Waals surface area contributed by atoms with Crippen molar-refractivity contribution < 1.29 is 27.5 Å². The largest absolute Gasteiger partial charge is 0.493 e. The first-order chi connectivity index (χ1) is 20.6. The molecule has 0 radical (unpaired) electrons. The third-order valence-electron chi connectivity index (χ3n) is 7.36. The molecule has 3 aromatic carbocycles. The number of carbonyl (C=O) groups is 2. The van der Waals surface area contributed by atoms with E-state index in [1.807, 2.05) is 52.0 Å². The molecule has 0 aliphatic rings. The Hall–Kier alpha value is -4.05. The fraction of sp³-hybridized carbons (Fsp3) is 0.394. The minimum Gasteiger partial charge on any atom is -0.493 e. The van der Waals surface area contributed by atoms with Crippen LogP contribution < -0.4 is 19.1 Å². The number of rotatable bonds is 15. The van der Waals surface area contributed by atoms with Gasteiger partial charge in [-0.15, -0.1) is 0 Å². The highest BCUT2D eigenvalue weighted by molar-refractivity contribution is 7.92. The van der Waals surface area contributed by atoms with Gasteiger partial charge in [0.15, 0.2) is 11.5 Å². The predicted octanol–water partition coefficient (Wildman–Crippen LogP) is 5.24. The van der Waals surface area contributed by atoms with Crippen molar-refractivity contribution in [2.45, 2.75) is 64.4 Å². The molecule has 2 amide bonds. The van der Waals surface area contributed by atoms with Crippen LogP contribution in [0.4, 0.5) is 5.69 Å². The minimum atomic E-state index is -4.21. The van der Waals surface area contributed by atoms with Gasteiger partial charge in [-0.3, -0.25) is 13.9 Å². The van der Waals surface area contributed by atoms with E-state index >= 15 is 0 Å². The van der Waals surface area contributed by atoms with Crippen molar-refractivity contribution in [2.24, 2.45) is 0 Å². The molecule has 0 spiro atoms. The van der Waals surface area contributed by atoms with Gasteiger partial charge in [0.05, 0.1) is 24.8 Å². The summed E-state index contributed by atoms with van der Waals surface area (Å²) >= 11 is 0. The zero-order valence-corrected chi connectivity index (χ0v) is 26.7. The van der Waals surface area contributed by atoms with Gasteiger partial charge in [-0.2, -0.15) is 0 Å². The van der Waals surface area contributed by atoms with E-state index in [0.717, 1.165) is 33.8 Å². The van der Waals surface area contributed by atoms with E-state index in [4.69, 9.17) is 9.47 Å². The average molecular weight is 610 g/mol. The highest BCUT2D eigenvalue weighted by Crippen LogP contribution is 2.34. The zero-order chi connectivity index (χ0) is 31.6. The van der Waals surface area contributed by atoms with Crippen molar-refractivity contribution in [3.05, 3.63) is 83.4 Å². The first-order valence-corrected chi connectivity index (χ1v) is 15.9. The number of amides is 2. The van der Waals surface area contributed by atoms with Crippen LogP contribution in [0.5, 0.6) is 11.5 Å². The maximum atomic E-state index is 14.3. The molecule has 232 valence electrons. The molecule has 0 aromatic heterocycles. The molecular formula is C33H43N3O6S. The Bertz CT molecular complexity index is 1490. The Morgan fingerprint density at radius 1 is 0.907 bits per heavy atom. The molecule has 10 heteroatoms. The van der Waals surface area contributed by atoms with Gasteiger partial charge in [-0.25, -0.2) is 8.42 Å². The third-order valence-corrected chi connectivity index (χ3v) is 9.15. The van der Waals surface area contributed by atoms with Crippen LogP contribution >= 0.6 is 0 Å². The molecule has 9 nitrogen and oxygen atoms in total. The Labute approximate surface area is 255 Å². The highest BCUT2D eigenvalue weighted by atomic mass is 32.2. The number of hydrogen-bond donors (Lipinski definition) is 1. The summed E-state index contributed by atoms with van der Waals surface area (Å²) in [5.41, 5.74) is 2.96. The summed E-state index contributed by atoms with van der Waals surface area (Å²) in [4.78, 5) is 29.2. The number of aryl methyl sites for hydroxylation is 2. The van der Waals surface area contributed by atoms with Crippen molar-refractivity contribution in [1.82, 2.24) is 10.2 Å². The molecule has 43 heavy (non-hydrogen) atoms. The second-order valence-corrected chi connectivity index (χ2v) is 12.2. The molecule has 0 heterocycles. The van der Waals surface area contributed by atoms with Crippen molar-refractivity contribution in [3.63, 3.8) is 0 Å². The summed E-state index contributed by atoms with van der Waals surface area (Å²) < 4.78 is 40.1. The van der Waals surface area contributed by atoms with Gasteiger partial charge in [0.25, 0.3) is 10.0 Å². The molecule has 0 aliphatic carbocycles. The fourth-order valence-electron chi connectivity index (χ4n) is 4.74. The van der Waals surface area contributed by atoms with Crippen LogP contribution in [0.3, 0.4) is 0 Å². The number of carbonyl (C=O) groups excluding carboxylic acids is 2. The topological polar surface area (TPSA) is 105 Å². The van der Waals surface area contributed by atoms with Crippen LogP contribution in [-0.2, 0) is 26.2 Å². The van der Waals surface area contributed by atoms with Crippen molar-refractivity contribution >= 4 is 27.5 Å². The standard InChI is InChI=1S/C33H43N3O6S/c1-7-9-20-34-33(38)29(8-2)35(22-26-13-11-10-12-25(26)4)32(37)23-36(27-16-19-30(41-5)31(21-27)42-6)43(39,40)28-17-14-24(3)15-18-28/h10-19,21,29H,7-9,20,22-23H2,1-6H3,(H,34,38). The van der Waals surface area contributed by atoms with Gasteiger partial charge < -0.3 is 19.7 Å². The number of sulfonamides is 1. The number of unbranched alkanes of at least 4 members (excludes halogenated alkanes) is 1. The summed E-state index contributed by atoms with van der Waals surface area (Å²) in [5, 5.41) is 2.95. The Morgan fingerprint density at radius 3 is 2.19 bits per heavy atom. The van der Waals surface area contributed by atoms with Gasteiger partial charge in [0.2, 0.25) is 11.8 Å². The lowest BCUT2D eigenvalue weighted by molar-refractivity contribution is -0.140. The molecule has 1 N–H and O–H groups in total. The van der Waals surface area contributed by atoms with Crippen LogP contribution in [0.2, 0.25) is 0 Å². The number of nitrogens with zero attached hydrogens (tertiary/aromatic N) is 2.